The molecule has 9 heteroatoms. The molecule has 2 N–H and O–H groups in total. The summed E-state index contributed by atoms with van der Waals surface area (Å²) in [6.45, 7) is -0.0399. The summed E-state index contributed by atoms with van der Waals surface area (Å²) < 4.78 is 2.39. The molecule has 0 radical (unpaired) electrons. The third kappa shape index (κ3) is 4.67. The zero-order valence-corrected chi connectivity index (χ0v) is 16.8. The number of halogens is 1. The Balaban J connectivity index is 1.72. The Hall–Kier alpha value is -3.51. The van der Waals surface area contributed by atoms with Crippen LogP contribution in [0.15, 0.2) is 63.2 Å². The van der Waals surface area contributed by atoms with Crippen LogP contribution in [-0.2, 0) is 11.3 Å². The van der Waals surface area contributed by atoms with E-state index in [1.165, 1.54) is 0 Å². The summed E-state index contributed by atoms with van der Waals surface area (Å²) in [5, 5.41) is 29.8. The number of aromatic nitrogens is 1. The molecule has 3 rings (SSSR count). The Bertz CT molecular complexity index is 1130. The summed E-state index contributed by atoms with van der Waals surface area (Å²) in [5.41, 5.74) is 1.24. The van der Waals surface area contributed by atoms with Gasteiger partial charge in [0.1, 0.15) is 6.54 Å². The van der Waals surface area contributed by atoms with E-state index < -0.39 is 11.8 Å². The molecule has 0 aliphatic rings. The lowest BCUT2D eigenvalue weighted by molar-refractivity contribution is -0.117. The Morgan fingerprint density at radius 3 is 2.62 bits per heavy atom. The van der Waals surface area contributed by atoms with E-state index in [2.05, 4.69) is 31.5 Å². The van der Waals surface area contributed by atoms with Crippen LogP contribution in [-0.4, -0.2) is 28.0 Å². The normalized spacial score (nSPS) is 10.9. The van der Waals surface area contributed by atoms with Gasteiger partial charge in [-0.3, -0.25) is 9.59 Å². The third-order valence-corrected chi connectivity index (χ3v) is 4.66. The molecule has 3 aromatic rings. The lowest BCUT2D eigenvalue weighted by Crippen LogP contribution is -2.28. The van der Waals surface area contributed by atoms with Gasteiger partial charge in [0.25, 0.3) is 11.8 Å². The molecule has 0 saturated carbocycles. The van der Waals surface area contributed by atoms with E-state index in [1.54, 1.807) is 53.1 Å². The smallest absolute Gasteiger partial charge is 0.283 e. The molecule has 2 aromatic carbocycles. The number of nitriles is 1. The van der Waals surface area contributed by atoms with E-state index in [9.17, 15) is 14.7 Å². The lowest BCUT2D eigenvalue weighted by Gasteiger charge is -2.03. The zero-order chi connectivity index (χ0) is 20.8. The zero-order valence-electron chi connectivity index (χ0n) is 15.2. The third-order valence-electron chi connectivity index (χ3n) is 4.13. The van der Waals surface area contributed by atoms with E-state index in [0.29, 0.717) is 16.5 Å². The molecule has 0 spiro atoms. The molecule has 8 nitrogen and oxygen atoms in total. The number of fused-ring (bicyclic) bond motifs is 1. The molecule has 0 aliphatic heterocycles. The van der Waals surface area contributed by atoms with Crippen LogP contribution in [0.2, 0.25) is 0 Å². The van der Waals surface area contributed by atoms with Crippen LogP contribution in [0, 0.1) is 11.3 Å². The molecular weight excluding hydrogens is 438 g/mol. The molecule has 0 unspecified atom stereocenters. The first kappa shape index (κ1) is 20.2. The summed E-state index contributed by atoms with van der Waals surface area (Å²) in [6, 6.07) is 15.8. The number of carbonyl (C=O) groups excluding carboxylic acids is 2. The summed E-state index contributed by atoms with van der Waals surface area (Å²) in [4.78, 5) is 24.1. The van der Waals surface area contributed by atoms with E-state index in [0.717, 1.165) is 4.47 Å². The van der Waals surface area contributed by atoms with E-state index in [1.807, 2.05) is 6.07 Å². The van der Waals surface area contributed by atoms with Gasteiger partial charge in [-0.15, -0.1) is 10.2 Å². The highest BCUT2D eigenvalue weighted by atomic mass is 79.9. The number of amides is 2. The predicted molar refractivity (Wildman–Crippen MR) is 110 cm³/mol. The Morgan fingerprint density at radius 2 is 1.90 bits per heavy atom. The Morgan fingerprint density at radius 1 is 1.17 bits per heavy atom. The highest BCUT2D eigenvalue weighted by Gasteiger charge is 2.16. The molecular formula is C20H16BrN5O3. The van der Waals surface area contributed by atoms with Gasteiger partial charge in [0.05, 0.1) is 18.0 Å². The first-order valence-electron chi connectivity index (χ1n) is 8.66. The van der Waals surface area contributed by atoms with E-state index in [-0.39, 0.29) is 31.1 Å². The van der Waals surface area contributed by atoms with Gasteiger partial charge in [0, 0.05) is 22.0 Å². The Kier molecular flexibility index (Phi) is 6.36. The number of para-hydroxylation sites is 1. The highest BCUT2D eigenvalue weighted by Crippen LogP contribution is 2.38. The fraction of sp³-hybridized carbons (Fsp3) is 0.150. The van der Waals surface area contributed by atoms with Crippen LogP contribution >= 0.6 is 15.9 Å². The number of hydrogen-bond donors (Lipinski definition) is 2. The van der Waals surface area contributed by atoms with Crippen LogP contribution in [0.25, 0.3) is 10.9 Å². The van der Waals surface area contributed by atoms with Crippen molar-refractivity contribution in [2.45, 2.75) is 13.0 Å². The molecule has 0 aliphatic carbocycles. The number of benzene rings is 2. The van der Waals surface area contributed by atoms with Gasteiger partial charge in [0.15, 0.2) is 5.69 Å². The fourth-order valence-electron chi connectivity index (χ4n) is 2.76. The first-order chi connectivity index (χ1) is 14.0. The minimum Gasteiger partial charge on any atom is -0.493 e. The second kappa shape index (κ2) is 9.12. The lowest BCUT2D eigenvalue weighted by atomic mass is 10.2. The topological polar surface area (TPSA) is 120 Å². The van der Waals surface area contributed by atoms with Crippen molar-refractivity contribution in [3.63, 3.8) is 0 Å². The quantitative estimate of drug-likeness (QED) is 0.546. The summed E-state index contributed by atoms with van der Waals surface area (Å²) in [6.07, 6.45) is 0.212. The van der Waals surface area contributed by atoms with Crippen molar-refractivity contribution in [3.05, 3.63) is 58.6 Å². The van der Waals surface area contributed by atoms with Crippen LogP contribution in [0.5, 0.6) is 5.88 Å². The number of azo groups is 1. The van der Waals surface area contributed by atoms with E-state index in [4.69, 9.17) is 5.26 Å². The maximum atomic E-state index is 12.0. The number of rotatable bonds is 6. The largest absolute Gasteiger partial charge is 0.493 e. The monoisotopic (exact) mass is 453 g/mol. The second-order valence-corrected chi connectivity index (χ2v) is 6.95. The van der Waals surface area contributed by atoms with Crippen molar-refractivity contribution in [1.82, 2.24) is 9.88 Å². The predicted octanol–water partition coefficient (Wildman–Crippen LogP) is 4.06. The van der Waals surface area contributed by atoms with Crippen molar-refractivity contribution >= 4 is 44.3 Å². The molecule has 1 aromatic heterocycles. The first-order valence-corrected chi connectivity index (χ1v) is 9.46. The van der Waals surface area contributed by atoms with E-state index >= 15 is 0 Å². The molecule has 146 valence electrons. The number of hydrogen-bond acceptors (Lipinski definition) is 5. The average molecular weight is 454 g/mol. The molecule has 2 amide bonds. The van der Waals surface area contributed by atoms with Gasteiger partial charge in [-0.25, -0.2) is 0 Å². The van der Waals surface area contributed by atoms with Crippen LogP contribution in [0.3, 0.4) is 0 Å². The minimum atomic E-state index is -0.663. The average Bonchev–Trinajstić information content (AvgIpc) is 3.00. The summed E-state index contributed by atoms with van der Waals surface area (Å²) in [5.74, 6) is -1.24. The molecule has 1 heterocycles. The number of nitrogens with one attached hydrogen (secondary N) is 1. The van der Waals surface area contributed by atoms with Gasteiger partial charge in [0.2, 0.25) is 5.88 Å². The maximum absolute atomic E-state index is 12.0. The van der Waals surface area contributed by atoms with Crippen molar-refractivity contribution in [2.24, 2.45) is 10.2 Å². The number of nitrogens with zero attached hydrogens (tertiary/aromatic N) is 4. The molecule has 0 saturated heterocycles. The van der Waals surface area contributed by atoms with Gasteiger partial charge in [-0.1, -0.05) is 34.1 Å². The molecule has 29 heavy (non-hydrogen) atoms. The van der Waals surface area contributed by atoms with Gasteiger partial charge in [-0.05, 0) is 30.3 Å². The van der Waals surface area contributed by atoms with Gasteiger partial charge >= 0.3 is 0 Å². The SMILES string of the molecule is N#CCCn1c(O)c(N=NC(=O)CNC(=O)c2ccc(Br)cc2)c2ccccc21. The second-order valence-electron chi connectivity index (χ2n) is 6.03. The maximum Gasteiger partial charge on any atom is 0.283 e. The molecule has 0 fully saturated rings. The van der Waals surface area contributed by atoms with Crippen molar-refractivity contribution in [2.75, 3.05) is 6.54 Å². The fourth-order valence-corrected chi connectivity index (χ4v) is 3.02. The van der Waals surface area contributed by atoms with Crippen molar-refractivity contribution < 1.29 is 14.7 Å². The number of aryl methyl sites for hydroxylation is 1. The van der Waals surface area contributed by atoms with Crippen molar-refractivity contribution in [1.29, 1.82) is 5.26 Å². The standard InChI is InChI=1S/C20H16BrN5O3/c21-14-8-6-13(7-9-14)19(28)23-12-17(27)24-25-18-15-4-1-2-5-16(15)26(20(18)29)11-3-10-22/h1-2,4-9,29H,3,11-12H2,(H,23,28). The van der Waals surface area contributed by atoms with Crippen LogP contribution < -0.4 is 5.32 Å². The molecule has 0 atom stereocenters. The van der Waals surface area contributed by atoms with Crippen molar-refractivity contribution in [3.8, 4) is 11.9 Å². The van der Waals surface area contributed by atoms with Crippen LogP contribution in [0.4, 0.5) is 5.69 Å². The Labute approximate surface area is 174 Å². The molecule has 0 bridgehead atoms. The number of carbonyl (C=O) groups is 2. The number of aromatic hydroxyl groups is 1. The highest BCUT2D eigenvalue weighted by molar-refractivity contribution is 9.10. The van der Waals surface area contributed by atoms with Gasteiger partial charge in [-0.2, -0.15) is 5.26 Å². The van der Waals surface area contributed by atoms with Gasteiger partial charge < -0.3 is 15.0 Å². The summed E-state index contributed by atoms with van der Waals surface area (Å²) >= 11 is 3.29. The van der Waals surface area contributed by atoms with Crippen LogP contribution in [0.1, 0.15) is 16.8 Å². The summed E-state index contributed by atoms with van der Waals surface area (Å²) in [7, 11) is 0. The minimum absolute atomic E-state index is 0.145.